The summed E-state index contributed by atoms with van der Waals surface area (Å²) in [4.78, 5) is 9.36. The van der Waals surface area contributed by atoms with Gasteiger partial charge in [-0.3, -0.25) is 0 Å². The van der Waals surface area contributed by atoms with Gasteiger partial charge in [0.15, 0.2) is 0 Å². The molecule has 2 saturated carbocycles. The lowest BCUT2D eigenvalue weighted by Gasteiger charge is -2.21. The van der Waals surface area contributed by atoms with E-state index in [1.54, 1.807) is 0 Å². The van der Waals surface area contributed by atoms with Gasteiger partial charge in [-0.15, -0.1) is 0 Å². The first-order valence-corrected chi connectivity index (χ1v) is 9.36. The fourth-order valence-corrected chi connectivity index (χ4v) is 4.69. The molecule has 0 aromatic carbocycles. The molecule has 2 aliphatic carbocycles. The molecule has 2 aliphatic rings. The van der Waals surface area contributed by atoms with Crippen molar-refractivity contribution in [1.82, 2.24) is 9.97 Å². The topological polar surface area (TPSA) is 63.8 Å². The third-order valence-corrected chi connectivity index (χ3v) is 6.08. The standard InChI is InChI=1S/C16H26N4S/c17-20-15-10-14(12-6-4-5-7-12)18-16(19-15)11-21-13-8-2-1-3-9-13/h10,12-13H,1-9,11,17H2,(H,18,19,20). The third kappa shape index (κ3) is 4.10. The van der Waals surface area contributed by atoms with E-state index in [1.807, 2.05) is 17.8 Å². The molecule has 0 unspecified atom stereocenters. The Morgan fingerprint density at radius 3 is 2.48 bits per heavy atom. The zero-order valence-electron chi connectivity index (χ0n) is 12.7. The predicted octanol–water partition coefficient (Wildman–Crippen LogP) is 3.99. The quantitative estimate of drug-likeness (QED) is 0.636. The molecular weight excluding hydrogens is 280 g/mol. The molecule has 0 saturated heterocycles. The van der Waals surface area contributed by atoms with Crippen LogP contribution >= 0.6 is 11.8 Å². The van der Waals surface area contributed by atoms with Gasteiger partial charge in [0, 0.05) is 22.9 Å². The molecule has 5 heteroatoms. The summed E-state index contributed by atoms with van der Waals surface area (Å²) in [5.41, 5.74) is 3.90. The molecule has 116 valence electrons. The van der Waals surface area contributed by atoms with Gasteiger partial charge in [-0.05, 0) is 25.7 Å². The van der Waals surface area contributed by atoms with E-state index in [4.69, 9.17) is 10.8 Å². The average molecular weight is 306 g/mol. The molecule has 2 fully saturated rings. The zero-order valence-corrected chi connectivity index (χ0v) is 13.5. The van der Waals surface area contributed by atoms with Crippen molar-refractivity contribution in [2.45, 2.75) is 74.7 Å². The highest BCUT2D eigenvalue weighted by atomic mass is 32.2. The molecule has 0 amide bonds. The Balaban J connectivity index is 1.66. The molecule has 0 aliphatic heterocycles. The molecule has 3 rings (SSSR count). The number of nitrogen functional groups attached to an aromatic ring is 1. The Morgan fingerprint density at radius 2 is 1.76 bits per heavy atom. The molecule has 1 heterocycles. The van der Waals surface area contributed by atoms with Crippen molar-refractivity contribution in [3.63, 3.8) is 0 Å². The van der Waals surface area contributed by atoms with E-state index in [2.05, 4.69) is 10.4 Å². The van der Waals surface area contributed by atoms with Gasteiger partial charge in [0.25, 0.3) is 0 Å². The van der Waals surface area contributed by atoms with Gasteiger partial charge in [0.2, 0.25) is 0 Å². The fourth-order valence-electron chi connectivity index (χ4n) is 3.51. The Hall–Kier alpha value is -0.810. The SMILES string of the molecule is NNc1cc(C2CCCC2)nc(CSC2CCCCC2)n1. The molecule has 0 spiro atoms. The van der Waals surface area contributed by atoms with Crippen molar-refractivity contribution in [3.8, 4) is 0 Å². The number of aromatic nitrogens is 2. The van der Waals surface area contributed by atoms with Crippen LogP contribution in [0.1, 0.15) is 75.2 Å². The van der Waals surface area contributed by atoms with Gasteiger partial charge in [0.05, 0.1) is 5.75 Å². The number of hydrazine groups is 1. The molecular formula is C16H26N4S. The van der Waals surface area contributed by atoms with Crippen molar-refractivity contribution in [2.75, 3.05) is 5.43 Å². The lowest BCUT2D eigenvalue weighted by Crippen LogP contribution is -2.13. The van der Waals surface area contributed by atoms with Crippen LogP contribution < -0.4 is 11.3 Å². The Labute approximate surface area is 131 Å². The fraction of sp³-hybridized carbons (Fsp3) is 0.750. The van der Waals surface area contributed by atoms with Crippen LogP contribution in [0, 0.1) is 0 Å². The van der Waals surface area contributed by atoms with Crippen LogP contribution in [0.25, 0.3) is 0 Å². The summed E-state index contributed by atoms with van der Waals surface area (Å²) >= 11 is 2.03. The molecule has 21 heavy (non-hydrogen) atoms. The number of hydrogen-bond acceptors (Lipinski definition) is 5. The second-order valence-corrected chi connectivity index (χ2v) is 7.58. The highest BCUT2D eigenvalue weighted by molar-refractivity contribution is 7.99. The van der Waals surface area contributed by atoms with E-state index in [-0.39, 0.29) is 0 Å². The third-order valence-electron chi connectivity index (χ3n) is 4.71. The van der Waals surface area contributed by atoms with Crippen LogP contribution in [-0.4, -0.2) is 15.2 Å². The van der Waals surface area contributed by atoms with Crippen LogP contribution in [0.15, 0.2) is 6.07 Å². The monoisotopic (exact) mass is 306 g/mol. The van der Waals surface area contributed by atoms with E-state index in [1.165, 1.54) is 63.5 Å². The molecule has 4 nitrogen and oxygen atoms in total. The van der Waals surface area contributed by atoms with E-state index in [0.29, 0.717) is 5.92 Å². The first-order chi connectivity index (χ1) is 10.3. The maximum absolute atomic E-state index is 5.58. The first kappa shape index (κ1) is 15.1. The normalized spacial score (nSPS) is 20.8. The number of anilines is 1. The summed E-state index contributed by atoms with van der Waals surface area (Å²) in [7, 11) is 0. The number of rotatable bonds is 5. The minimum absolute atomic E-state index is 0.610. The van der Waals surface area contributed by atoms with Gasteiger partial charge < -0.3 is 5.43 Å². The average Bonchev–Trinajstić information content (AvgIpc) is 3.08. The largest absolute Gasteiger partial charge is 0.308 e. The summed E-state index contributed by atoms with van der Waals surface area (Å²) in [6.07, 6.45) is 12.1. The predicted molar refractivity (Wildman–Crippen MR) is 89.2 cm³/mol. The van der Waals surface area contributed by atoms with Crippen LogP contribution in [-0.2, 0) is 5.75 Å². The van der Waals surface area contributed by atoms with Gasteiger partial charge in [-0.25, -0.2) is 15.8 Å². The van der Waals surface area contributed by atoms with E-state index in [0.717, 1.165) is 22.6 Å². The molecule has 1 aromatic heterocycles. The summed E-state index contributed by atoms with van der Waals surface area (Å²) in [6, 6.07) is 2.03. The summed E-state index contributed by atoms with van der Waals surface area (Å²) < 4.78 is 0. The van der Waals surface area contributed by atoms with Gasteiger partial charge in [-0.2, -0.15) is 11.8 Å². The van der Waals surface area contributed by atoms with Crippen LogP contribution in [0.5, 0.6) is 0 Å². The maximum atomic E-state index is 5.58. The zero-order chi connectivity index (χ0) is 14.5. The van der Waals surface area contributed by atoms with Crippen molar-refractivity contribution >= 4 is 17.6 Å². The van der Waals surface area contributed by atoms with Crippen molar-refractivity contribution in [2.24, 2.45) is 5.84 Å². The molecule has 1 aromatic rings. The molecule has 3 N–H and O–H groups in total. The highest BCUT2D eigenvalue weighted by Gasteiger charge is 2.20. The Morgan fingerprint density at radius 1 is 1.05 bits per heavy atom. The number of nitrogens with two attached hydrogens (primary N) is 1. The summed E-state index contributed by atoms with van der Waals surface area (Å²) in [5, 5.41) is 0.798. The summed E-state index contributed by atoms with van der Waals surface area (Å²) in [6.45, 7) is 0. The second kappa shape index (κ2) is 7.45. The first-order valence-electron chi connectivity index (χ1n) is 8.31. The number of hydrogen-bond donors (Lipinski definition) is 2. The van der Waals surface area contributed by atoms with Gasteiger partial charge in [-0.1, -0.05) is 32.1 Å². The number of thioether (sulfide) groups is 1. The molecule has 0 bridgehead atoms. The Kier molecular flexibility index (Phi) is 5.36. The van der Waals surface area contributed by atoms with Crippen molar-refractivity contribution in [1.29, 1.82) is 0 Å². The van der Waals surface area contributed by atoms with Crippen molar-refractivity contribution < 1.29 is 0 Å². The Bertz CT molecular complexity index is 454. The smallest absolute Gasteiger partial charge is 0.143 e. The number of nitrogens with one attached hydrogen (secondary N) is 1. The van der Waals surface area contributed by atoms with E-state index >= 15 is 0 Å². The minimum atomic E-state index is 0.610. The lowest BCUT2D eigenvalue weighted by molar-refractivity contribution is 0.516. The van der Waals surface area contributed by atoms with Gasteiger partial charge >= 0.3 is 0 Å². The van der Waals surface area contributed by atoms with Crippen LogP contribution in [0.4, 0.5) is 5.82 Å². The molecule has 0 radical (unpaired) electrons. The summed E-state index contributed by atoms with van der Waals surface area (Å²) in [5.74, 6) is 8.82. The number of nitrogens with zero attached hydrogens (tertiary/aromatic N) is 2. The maximum Gasteiger partial charge on any atom is 0.143 e. The van der Waals surface area contributed by atoms with Crippen LogP contribution in [0.2, 0.25) is 0 Å². The second-order valence-electron chi connectivity index (χ2n) is 6.29. The van der Waals surface area contributed by atoms with E-state index in [9.17, 15) is 0 Å². The van der Waals surface area contributed by atoms with Crippen LogP contribution in [0.3, 0.4) is 0 Å². The highest BCUT2D eigenvalue weighted by Crippen LogP contribution is 2.34. The van der Waals surface area contributed by atoms with E-state index < -0.39 is 0 Å². The minimum Gasteiger partial charge on any atom is -0.308 e. The molecule has 0 atom stereocenters. The van der Waals surface area contributed by atoms with Crippen molar-refractivity contribution in [3.05, 3.63) is 17.6 Å². The lowest BCUT2D eigenvalue weighted by atomic mass is 10.0. The van der Waals surface area contributed by atoms with Gasteiger partial charge in [0.1, 0.15) is 11.6 Å².